The zero-order chi connectivity index (χ0) is 30.5. The van der Waals surface area contributed by atoms with Gasteiger partial charge in [-0.1, -0.05) is 0 Å². The zero-order valence-electron chi connectivity index (χ0n) is 25.1. The van der Waals surface area contributed by atoms with E-state index in [1.807, 2.05) is 31.1 Å². The number of urea groups is 1. The molecule has 0 bridgehead atoms. The number of ether oxygens (including phenoxy) is 3. The highest BCUT2D eigenvalue weighted by atomic mass is 16.6. The highest BCUT2D eigenvalue weighted by Crippen LogP contribution is 2.25. The molecule has 4 heterocycles. The van der Waals surface area contributed by atoms with Gasteiger partial charge in [0, 0.05) is 61.1 Å². The number of rotatable bonds is 8. The van der Waals surface area contributed by atoms with Crippen molar-refractivity contribution >= 4 is 29.3 Å². The number of nitrogens with one attached hydrogen (secondary N) is 2. The van der Waals surface area contributed by atoms with Gasteiger partial charge in [0.15, 0.2) is 5.82 Å². The molecule has 2 N–H and O–H groups in total. The Morgan fingerprint density at radius 2 is 1.57 bits per heavy atom. The van der Waals surface area contributed by atoms with E-state index in [4.69, 9.17) is 19.2 Å². The molecule has 0 saturated carbocycles. The smallest absolute Gasteiger partial charge is 0.323 e. The van der Waals surface area contributed by atoms with Gasteiger partial charge in [0.05, 0.1) is 26.4 Å². The lowest BCUT2D eigenvalue weighted by molar-refractivity contribution is 0.0783. The van der Waals surface area contributed by atoms with Gasteiger partial charge in [-0.25, -0.2) is 4.79 Å². The molecule has 3 saturated heterocycles. The molecular formula is C31H38N8O5. The summed E-state index contributed by atoms with van der Waals surface area (Å²) in [5, 5.41) is 5.67. The Balaban J connectivity index is 1.08. The predicted octanol–water partition coefficient (Wildman–Crippen LogP) is 2.96. The van der Waals surface area contributed by atoms with Gasteiger partial charge in [-0.05, 0) is 69.0 Å². The van der Waals surface area contributed by atoms with Gasteiger partial charge < -0.3 is 39.5 Å². The van der Waals surface area contributed by atoms with Crippen LogP contribution in [-0.4, -0.2) is 116 Å². The van der Waals surface area contributed by atoms with Crippen LogP contribution in [0.4, 0.5) is 22.1 Å². The van der Waals surface area contributed by atoms with E-state index in [9.17, 15) is 9.59 Å². The van der Waals surface area contributed by atoms with E-state index in [1.54, 1.807) is 36.4 Å². The number of hydrogen-bond donors (Lipinski definition) is 2. The van der Waals surface area contributed by atoms with Gasteiger partial charge in [0.1, 0.15) is 6.10 Å². The fraction of sp³-hybridized carbons (Fsp3) is 0.452. The van der Waals surface area contributed by atoms with E-state index in [0.29, 0.717) is 74.3 Å². The van der Waals surface area contributed by atoms with Crippen molar-refractivity contribution in [2.75, 3.05) is 82.2 Å². The van der Waals surface area contributed by atoms with Crippen LogP contribution in [0.25, 0.3) is 11.4 Å². The summed E-state index contributed by atoms with van der Waals surface area (Å²) in [4.78, 5) is 45.6. The molecule has 2 unspecified atom stereocenters. The minimum Gasteiger partial charge on any atom is -0.457 e. The Morgan fingerprint density at radius 3 is 2.20 bits per heavy atom. The third-order valence-corrected chi connectivity index (χ3v) is 8.03. The number of anilines is 3. The average molecular weight is 603 g/mol. The molecule has 44 heavy (non-hydrogen) atoms. The van der Waals surface area contributed by atoms with E-state index in [0.717, 1.165) is 31.5 Å². The molecule has 13 nitrogen and oxygen atoms in total. The quantitative estimate of drug-likeness (QED) is 0.396. The number of carbonyl (C=O) groups is 2. The molecule has 2 aromatic carbocycles. The second-order valence-electron chi connectivity index (χ2n) is 11.3. The number of likely N-dealkylation sites (tertiary alicyclic amines) is 1. The summed E-state index contributed by atoms with van der Waals surface area (Å²) < 4.78 is 16.9. The van der Waals surface area contributed by atoms with E-state index in [-0.39, 0.29) is 18.0 Å². The Hall–Kier alpha value is -4.33. The fourth-order valence-electron chi connectivity index (χ4n) is 5.41. The van der Waals surface area contributed by atoms with Crippen molar-refractivity contribution in [2.24, 2.45) is 0 Å². The van der Waals surface area contributed by atoms with Crippen LogP contribution in [0.1, 0.15) is 23.2 Å². The van der Waals surface area contributed by atoms with Crippen molar-refractivity contribution in [1.82, 2.24) is 24.8 Å². The van der Waals surface area contributed by atoms with Crippen LogP contribution >= 0.6 is 0 Å². The van der Waals surface area contributed by atoms with Gasteiger partial charge in [-0.3, -0.25) is 4.79 Å². The number of carbonyl (C=O) groups excluding carboxylic acids is 2. The van der Waals surface area contributed by atoms with Crippen LogP contribution in [0.5, 0.6) is 6.01 Å². The van der Waals surface area contributed by atoms with Crippen molar-refractivity contribution in [2.45, 2.75) is 25.0 Å². The predicted molar refractivity (Wildman–Crippen MR) is 165 cm³/mol. The summed E-state index contributed by atoms with van der Waals surface area (Å²) in [5.74, 6) is 1.03. The number of amides is 3. The number of benzene rings is 2. The third-order valence-electron chi connectivity index (χ3n) is 8.03. The number of nitrogens with zero attached hydrogens (tertiary/aromatic N) is 6. The number of morpholine rings is 1. The minimum atomic E-state index is -0.394. The van der Waals surface area contributed by atoms with Crippen molar-refractivity contribution in [3.8, 4) is 17.4 Å². The molecule has 2 atom stereocenters. The standard InChI is InChI=1S/C31H38N8O5/c1-37(2)25-11-13-39(19-25)28(40)22-5-9-24(10-6-22)33-30(41)32-23-7-3-21(4-8-23)27-34-29(38-14-17-42-18-15-38)36-31(35-27)44-26-12-16-43-20-26/h3-10,25-26H,11-20H2,1-2H3,(H2,32,33,41). The van der Waals surface area contributed by atoms with Crippen LogP contribution in [0, 0.1) is 0 Å². The lowest BCUT2D eigenvalue weighted by atomic mass is 10.2. The second kappa shape index (κ2) is 13.5. The van der Waals surface area contributed by atoms with Crippen LogP contribution in [0.15, 0.2) is 48.5 Å². The van der Waals surface area contributed by atoms with Crippen LogP contribution < -0.4 is 20.3 Å². The van der Waals surface area contributed by atoms with Crippen LogP contribution in [-0.2, 0) is 9.47 Å². The van der Waals surface area contributed by atoms with Gasteiger partial charge in [-0.15, -0.1) is 0 Å². The summed E-state index contributed by atoms with van der Waals surface area (Å²) in [6.07, 6.45) is 1.66. The lowest BCUT2D eigenvalue weighted by Gasteiger charge is -2.27. The first-order valence-electron chi connectivity index (χ1n) is 15.0. The summed E-state index contributed by atoms with van der Waals surface area (Å²) >= 11 is 0. The largest absolute Gasteiger partial charge is 0.457 e. The van der Waals surface area contributed by atoms with E-state index in [1.165, 1.54) is 0 Å². The molecule has 3 fully saturated rings. The lowest BCUT2D eigenvalue weighted by Crippen LogP contribution is -2.37. The molecule has 3 aromatic rings. The maximum Gasteiger partial charge on any atom is 0.323 e. The highest BCUT2D eigenvalue weighted by Gasteiger charge is 2.28. The molecule has 3 aliphatic rings. The first-order chi connectivity index (χ1) is 21.4. The summed E-state index contributed by atoms with van der Waals surface area (Å²) in [6.45, 7) is 5.21. The van der Waals surface area contributed by atoms with Gasteiger partial charge >= 0.3 is 12.0 Å². The zero-order valence-corrected chi connectivity index (χ0v) is 25.1. The Labute approximate surface area is 256 Å². The molecule has 0 spiro atoms. The number of aromatic nitrogens is 3. The highest BCUT2D eigenvalue weighted by molar-refractivity contribution is 6.00. The van der Waals surface area contributed by atoms with E-state index < -0.39 is 6.03 Å². The second-order valence-corrected chi connectivity index (χ2v) is 11.3. The normalized spacial score (nSPS) is 20.2. The van der Waals surface area contributed by atoms with Crippen LogP contribution in [0.2, 0.25) is 0 Å². The number of hydrogen-bond acceptors (Lipinski definition) is 10. The molecule has 6 rings (SSSR count). The Kier molecular flexibility index (Phi) is 9.15. The van der Waals surface area contributed by atoms with Crippen molar-refractivity contribution in [1.29, 1.82) is 0 Å². The Bertz CT molecular complexity index is 1440. The molecular weight excluding hydrogens is 564 g/mol. The van der Waals surface area contributed by atoms with E-state index >= 15 is 0 Å². The molecule has 232 valence electrons. The van der Waals surface area contributed by atoms with Crippen molar-refractivity contribution in [3.63, 3.8) is 0 Å². The minimum absolute atomic E-state index is 0.00641. The average Bonchev–Trinajstić information content (AvgIpc) is 3.75. The number of likely N-dealkylation sites (N-methyl/N-ethyl adjacent to an activating group) is 1. The van der Waals surface area contributed by atoms with Crippen molar-refractivity contribution < 1.29 is 23.8 Å². The SMILES string of the molecule is CN(C)C1CCN(C(=O)c2ccc(NC(=O)Nc3ccc(-c4nc(OC5CCOC5)nc(N5CCOCC5)n4)cc3)cc2)C1. The van der Waals surface area contributed by atoms with Crippen LogP contribution in [0.3, 0.4) is 0 Å². The van der Waals surface area contributed by atoms with Gasteiger partial charge in [0.2, 0.25) is 5.95 Å². The topological polar surface area (TPSA) is 134 Å². The first kappa shape index (κ1) is 29.7. The fourth-order valence-corrected chi connectivity index (χ4v) is 5.41. The Morgan fingerprint density at radius 1 is 0.864 bits per heavy atom. The molecule has 3 aliphatic heterocycles. The maximum atomic E-state index is 12.9. The molecule has 3 amide bonds. The van der Waals surface area contributed by atoms with Crippen molar-refractivity contribution in [3.05, 3.63) is 54.1 Å². The summed E-state index contributed by atoms with van der Waals surface area (Å²) in [6, 6.07) is 14.5. The monoisotopic (exact) mass is 602 g/mol. The molecule has 0 radical (unpaired) electrons. The van der Waals surface area contributed by atoms with Gasteiger partial charge in [0.25, 0.3) is 5.91 Å². The molecule has 0 aliphatic carbocycles. The summed E-state index contributed by atoms with van der Waals surface area (Å²) in [5.41, 5.74) is 2.55. The summed E-state index contributed by atoms with van der Waals surface area (Å²) in [7, 11) is 4.07. The van der Waals surface area contributed by atoms with Gasteiger partial charge in [-0.2, -0.15) is 15.0 Å². The molecule has 1 aromatic heterocycles. The molecule has 13 heteroatoms. The third kappa shape index (κ3) is 7.24. The first-order valence-corrected chi connectivity index (χ1v) is 15.0. The maximum absolute atomic E-state index is 12.9. The van der Waals surface area contributed by atoms with E-state index in [2.05, 4.69) is 30.4 Å².